The Bertz CT molecular complexity index is 663. The van der Waals surface area contributed by atoms with Crippen molar-refractivity contribution in [2.24, 2.45) is 0 Å². The van der Waals surface area contributed by atoms with Crippen molar-refractivity contribution in [1.29, 1.82) is 0 Å². The lowest BCUT2D eigenvalue weighted by atomic mass is 9.94. The molecule has 0 atom stereocenters. The summed E-state index contributed by atoms with van der Waals surface area (Å²) in [5.74, 6) is 0.492. The van der Waals surface area contributed by atoms with Crippen LogP contribution in [-0.4, -0.2) is 4.98 Å². The number of benzene rings is 1. The lowest BCUT2D eigenvalue weighted by Crippen LogP contribution is -1.95. The number of rotatable bonds is 4. The highest BCUT2D eigenvalue weighted by Gasteiger charge is 2.09. The molecule has 2 aromatic rings. The van der Waals surface area contributed by atoms with Gasteiger partial charge in [-0.1, -0.05) is 62.4 Å². The molecule has 0 unspecified atom stereocenters. The number of hydrogen-bond donors (Lipinski definition) is 0. The van der Waals surface area contributed by atoms with Crippen LogP contribution in [0.15, 0.2) is 54.8 Å². The molecule has 1 aromatic heterocycles. The van der Waals surface area contributed by atoms with Gasteiger partial charge >= 0.3 is 0 Å². The number of aromatic nitrogens is 1. The van der Waals surface area contributed by atoms with Crippen LogP contribution in [0.3, 0.4) is 0 Å². The smallest absolute Gasteiger partial charge is 0.0710 e. The number of nitrogens with zero attached hydrogens (tertiary/aromatic N) is 1. The van der Waals surface area contributed by atoms with E-state index in [1.165, 1.54) is 22.3 Å². The van der Waals surface area contributed by atoms with Crippen molar-refractivity contribution in [3.8, 4) is 11.3 Å². The highest BCUT2D eigenvalue weighted by atomic mass is 14.7. The SMILES string of the molecule is C/C=C\C=C/c1cc(-c2ccccc2C(C)C)ncc1C. The molecule has 21 heavy (non-hydrogen) atoms. The highest BCUT2D eigenvalue weighted by Crippen LogP contribution is 2.29. The van der Waals surface area contributed by atoms with E-state index in [0.717, 1.165) is 5.69 Å². The van der Waals surface area contributed by atoms with Crippen molar-refractivity contribution in [1.82, 2.24) is 4.98 Å². The van der Waals surface area contributed by atoms with Crippen LogP contribution in [0.5, 0.6) is 0 Å². The summed E-state index contributed by atoms with van der Waals surface area (Å²) in [7, 11) is 0. The van der Waals surface area contributed by atoms with Gasteiger partial charge in [-0.15, -0.1) is 0 Å². The van der Waals surface area contributed by atoms with Crippen LogP contribution in [0.2, 0.25) is 0 Å². The second kappa shape index (κ2) is 7.03. The zero-order valence-electron chi connectivity index (χ0n) is 13.3. The van der Waals surface area contributed by atoms with Crippen molar-refractivity contribution >= 4 is 6.08 Å². The van der Waals surface area contributed by atoms with E-state index < -0.39 is 0 Å². The van der Waals surface area contributed by atoms with Gasteiger partial charge in [-0.2, -0.15) is 0 Å². The molecule has 1 nitrogen and oxygen atoms in total. The Hall–Kier alpha value is -2.15. The monoisotopic (exact) mass is 277 g/mol. The minimum Gasteiger partial charge on any atom is -0.256 e. The van der Waals surface area contributed by atoms with Crippen molar-refractivity contribution in [3.63, 3.8) is 0 Å². The van der Waals surface area contributed by atoms with Crippen LogP contribution in [0.25, 0.3) is 17.3 Å². The predicted molar refractivity (Wildman–Crippen MR) is 92.3 cm³/mol. The third-order valence-corrected chi connectivity index (χ3v) is 3.58. The molecule has 0 saturated carbocycles. The molecule has 0 saturated heterocycles. The van der Waals surface area contributed by atoms with E-state index in [1.54, 1.807) is 0 Å². The second-order valence-corrected chi connectivity index (χ2v) is 5.55. The first-order valence-electron chi connectivity index (χ1n) is 7.48. The zero-order chi connectivity index (χ0) is 15.2. The van der Waals surface area contributed by atoms with Crippen LogP contribution in [-0.2, 0) is 0 Å². The zero-order valence-corrected chi connectivity index (χ0v) is 13.3. The maximum absolute atomic E-state index is 4.63. The highest BCUT2D eigenvalue weighted by molar-refractivity contribution is 5.68. The minimum atomic E-state index is 0.492. The third-order valence-electron chi connectivity index (χ3n) is 3.58. The van der Waals surface area contributed by atoms with Gasteiger partial charge in [0.05, 0.1) is 5.69 Å². The topological polar surface area (TPSA) is 12.9 Å². The summed E-state index contributed by atoms with van der Waals surface area (Å²) in [5, 5.41) is 0. The first-order valence-corrected chi connectivity index (χ1v) is 7.48. The maximum Gasteiger partial charge on any atom is 0.0710 e. The Labute approximate surface area is 128 Å². The third kappa shape index (κ3) is 3.69. The van der Waals surface area contributed by atoms with E-state index in [-0.39, 0.29) is 0 Å². The summed E-state index contributed by atoms with van der Waals surface area (Å²) < 4.78 is 0. The lowest BCUT2D eigenvalue weighted by Gasteiger charge is -2.13. The molecule has 0 radical (unpaired) electrons. The molecule has 0 N–H and O–H groups in total. The van der Waals surface area contributed by atoms with E-state index >= 15 is 0 Å². The molecule has 0 aliphatic carbocycles. The fourth-order valence-electron chi connectivity index (χ4n) is 2.37. The molecule has 0 fully saturated rings. The van der Waals surface area contributed by atoms with Crippen molar-refractivity contribution < 1.29 is 0 Å². The largest absolute Gasteiger partial charge is 0.256 e. The fourth-order valence-corrected chi connectivity index (χ4v) is 2.37. The molecule has 1 heterocycles. The van der Waals surface area contributed by atoms with E-state index in [9.17, 15) is 0 Å². The van der Waals surface area contributed by atoms with E-state index in [0.29, 0.717) is 5.92 Å². The molecule has 0 aliphatic heterocycles. The Kier molecular flexibility index (Phi) is 5.10. The Morgan fingerprint density at radius 1 is 1.10 bits per heavy atom. The van der Waals surface area contributed by atoms with Gasteiger partial charge in [0.25, 0.3) is 0 Å². The van der Waals surface area contributed by atoms with Gasteiger partial charge in [0.1, 0.15) is 0 Å². The van der Waals surface area contributed by atoms with Gasteiger partial charge in [0, 0.05) is 11.8 Å². The number of aryl methyl sites for hydroxylation is 1. The van der Waals surface area contributed by atoms with Crippen LogP contribution in [0.1, 0.15) is 43.4 Å². The Balaban J connectivity index is 2.48. The van der Waals surface area contributed by atoms with E-state index in [4.69, 9.17) is 0 Å². The summed E-state index contributed by atoms with van der Waals surface area (Å²) in [6.07, 6.45) is 10.2. The normalized spacial score (nSPS) is 11.9. The molecule has 0 aliphatic rings. The molecule has 1 heteroatoms. The fraction of sp³-hybridized carbons (Fsp3) is 0.250. The Morgan fingerprint density at radius 2 is 1.86 bits per heavy atom. The van der Waals surface area contributed by atoms with Crippen LogP contribution >= 0.6 is 0 Å². The van der Waals surface area contributed by atoms with E-state index in [1.807, 2.05) is 25.3 Å². The average Bonchev–Trinajstić information content (AvgIpc) is 2.49. The lowest BCUT2D eigenvalue weighted by molar-refractivity contribution is 0.868. The van der Waals surface area contributed by atoms with E-state index in [2.05, 4.69) is 68.2 Å². The van der Waals surface area contributed by atoms with Gasteiger partial charge in [0.2, 0.25) is 0 Å². The van der Waals surface area contributed by atoms with Crippen molar-refractivity contribution in [2.45, 2.75) is 33.6 Å². The van der Waals surface area contributed by atoms with Crippen molar-refractivity contribution in [2.75, 3.05) is 0 Å². The van der Waals surface area contributed by atoms with Crippen molar-refractivity contribution in [3.05, 3.63) is 71.4 Å². The molecule has 2 rings (SSSR count). The first kappa shape index (κ1) is 15.2. The molecule has 1 aromatic carbocycles. The van der Waals surface area contributed by atoms with Crippen LogP contribution < -0.4 is 0 Å². The average molecular weight is 277 g/mol. The quantitative estimate of drug-likeness (QED) is 0.646. The van der Waals surface area contributed by atoms with Gasteiger partial charge in [-0.3, -0.25) is 4.98 Å². The maximum atomic E-state index is 4.63. The van der Waals surface area contributed by atoms with Gasteiger partial charge in [-0.05, 0) is 42.5 Å². The van der Waals surface area contributed by atoms with Gasteiger partial charge < -0.3 is 0 Å². The standard InChI is InChI=1S/C20H23N/c1-5-6-7-10-17-13-20(21-14-16(17)4)19-12-9-8-11-18(19)15(2)3/h5-15H,1-4H3/b6-5-,10-7-. The molecular weight excluding hydrogens is 254 g/mol. The molecule has 0 spiro atoms. The summed E-state index contributed by atoms with van der Waals surface area (Å²) in [4.78, 5) is 4.63. The Morgan fingerprint density at radius 3 is 2.57 bits per heavy atom. The minimum absolute atomic E-state index is 0.492. The van der Waals surface area contributed by atoms with Gasteiger partial charge in [0.15, 0.2) is 0 Å². The van der Waals surface area contributed by atoms with Gasteiger partial charge in [-0.25, -0.2) is 0 Å². The first-order chi connectivity index (χ1) is 10.1. The van der Waals surface area contributed by atoms with Crippen LogP contribution in [0.4, 0.5) is 0 Å². The summed E-state index contributed by atoms with van der Waals surface area (Å²) >= 11 is 0. The summed E-state index contributed by atoms with van der Waals surface area (Å²) in [6.45, 7) is 8.56. The number of allylic oxidation sites excluding steroid dienone is 3. The molecule has 108 valence electrons. The summed E-state index contributed by atoms with van der Waals surface area (Å²) in [5.41, 5.74) is 6.04. The number of hydrogen-bond acceptors (Lipinski definition) is 1. The summed E-state index contributed by atoms with van der Waals surface area (Å²) in [6, 6.07) is 10.7. The molecular formula is C20H23N. The predicted octanol–water partition coefficient (Wildman–Crippen LogP) is 5.77. The molecule has 0 amide bonds. The second-order valence-electron chi connectivity index (χ2n) is 5.55. The molecule has 0 bridgehead atoms. The van der Waals surface area contributed by atoms with Crippen LogP contribution in [0, 0.1) is 6.92 Å². The number of pyridine rings is 1.